The summed E-state index contributed by atoms with van der Waals surface area (Å²) in [5.41, 5.74) is 28.4. The normalized spacial score (nSPS) is 18.2. The third kappa shape index (κ3) is 30.9. The van der Waals surface area contributed by atoms with Crippen molar-refractivity contribution in [2.45, 2.75) is 138 Å². The molecule has 8 atom stereocenters. The number of aliphatic hydroxyl groups is 2. The number of amides is 4. The number of aromatic amines is 1. The van der Waals surface area contributed by atoms with E-state index in [0.717, 1.165) is 94.1 Å². The van der Waals surface area contributed by atoms with Crippen molar-refractivity contribution < 1.29 is 105 Å². The van der Waals surface area contributed by atoms with Gasteiger partial charge < -0.3 is 91.1 Å². The molecule has 16 rings (SSSR count). The second-order valence-electron chi connectivity index (χ2n) is 33.2. The summed E-state index contributed by atoms with van der Waals surface area (Å²) in [5.74, 6) is 1.36. The Morgan fingerprint density at radius 2 is 0.707 bits per heavy atom. The molecule has 4 amide bonds. The number of hydrogen-bond acceptors (Lipinski definition) is 24. The second-order valence-corrected chi connectivity index (χ2v) is 35.1. The van der Waals surface area contributed by atoms with Crippen LogP contribution in [0.2, 0.25) is 0 Å². The molecule has 4 aliphatic heterocycles. The van der Waals surface area contributed by atoms with Gasteiger partial charge in [-0.2, -0.15) is 8.42 Å². The summed E-state index contributed by atoms with van der Waals surface area (Å²) in [6.07, 6.45) is 15.3. The number of nitrogens with one attached hydrogen (secondary N) is 1. The van der Waals surface area contributed by atoms with Gasteiger partial charge in [-0.25, -0.2) is 34.1 Å². The number of carbonyl (C=O) groups excluding carboxylic acids is 4. The molecule has 0 saturated carbocycles. The van der Waals surface area contributed by atoms with Crippen LogP contribution in [0.15, 0.2) is 332 Å². The minimum Gasteiger partial charge on any atom is -0.444 e. The number of aliphatic hydroxyl groups excluding tert-OH is 2. The Labute approximate surface area is 848 Å². The largest absolute Gasteiger partial charge is 1.00 e. The number of carbonyl (C=O) groups is 4. The summed E-state index contributed by atoms with van der Waals surface area (Å²) >= 11 is 3.45. The number of nitrogens with two attached hydrogens (primary N) is 3. The predicted octanol–water partition coefficient (Wildman–Crippen LogP) is 15.6. The Morgan fingerprint density at radius 1 is 0.443 bits per heavy atom. The topological polar surface area (TPSA) is 476 Å². The third-order valence-corrected chi connectivity index (χ3v) is 25.1. The van der Waals surface area contributed by atoms with E-state index < -0.39 is 39.9 Å². The first-order valence-corrected chi connectivity index (χ1v) is 47.0. The Morgan fingerprint density at radius 3 is 0.964 bits per heavy atom. The molecule has 0 aliphatic carbocycles. The maximum atomic E-state index is 13.1. The molecule has 140 heavy (non-hydrogen) atoms. The number of benzene rings is 8. The van der Waals surface area contributed by atoms with Gasteiger partial charge in [0.05, 0.1) is 24.2 Å². The van der Waals surface area contributed by atoms with Gasteiger partial charge in [0, 0.05) is 138 Å². The SMILES string of the molecule is C=CC[C@]1(c2ccccc2)CCN([C@@H](C)c2ccc(-c3ccc(N)nc3)cc2)C(=O)O1.C=CC[C@]1(c2ccccc2)CCN([C@@H](C)c2ccc(Br)cc2)C(=O)O1.C[C@@H](c1ccc(-c2ccc(=O)[nH]c2)cc1)N1CC[C@](CCCO)(c2ccccc2)OC1=O.C[C@@H](c1ccc(-c2ccc(N)nc2)cc1)N1CC[C@](CCCO)(c2ccccc2)OC1=O.Nc1ccc(B(O)O)cn1.O=N[O-].O=S(=O)(O)O.[B].[Na+]. The van der Waals surface area contributed by atoms with E-state index in [2.05, 4.69) is 49.0 Å². The maximum Gasteiger partial charge on any atom is 1.00 e. The van der Waals surface area contributed by atoms with Crippen LogP contribution in [0, 0.1) is 10.1 Å². The van der Waals surface area contributed by atoms with Crippen molar-refractivity contribution in [1.82, 2.24) is 39.5 Å². The van der Waals surface area contributed by atoms with Crippen molar-refractivity contribution in [3.63, 3.8) is 0 Å². The molecule has 0 bridgehead atoms. The van der Waals surface area contributed by atoms with Crippen LogP contribution in [0.25, 0.3) is 33.4 Å². The fourth-order valence-electron chi connectivity index (χ4n) is 16.9. The Hall–Kier alpha value is -13.2. The molecule has 13 N–H and O–H groups in total. The maximum absolute atomic E-state index is 13.1. The molecule has 0 unspecified atom stereocenters. The first-order valence-electron chi connectivity index (χ1n) is 44.8. The van der Waals surface area contributed by atoms with Crippen molar-refractivity contribution in [2.24, 2.45) is 5.34 Å². The Bertz CT molecular complexity index is 6080. The van der Waals surface area contributed by atoms with Gasteiger partial charge in [0.1, 0.15) is 39.9 Å². The molecular weight excluding hydrogens is 1880 g/mol. The van der Waals surface area contributed by atoms with Gasteiger partial charge >= 0.3 is 71.4 Å². The number of pyridine rings is 4. The van der Waals surface area contributed by atoms with Crippen molar-refractivity contribution in [1.29, 1.82) is 0 Å². The molecule has 725 valence electrons. The Kier molecular flexibility index (Phi) is 43.1. The summed E-state index contributed by atoms with van der Waals surface area (Å²) in [6.45, 7) is 18.4. The van der Waals surface area contributed by atoms with E-state index in [-0.39, 0.29) is 105 Å². The van der Waals surface area contributed by atoms with Gasteiger partial charge in [-0.3, -0.25) is 13.9 Å². The average Bonchev–Trinajstić information content (AvgIpc) is 0.791. The number of H-pyrrole nitrogens is 1. The zero-order valence-electron chi connectivity index (χ0n) is 78.6. The predicted molar refractivity (Wildman–Crippen MR) is 542 cm³/mol. The number of nitrogen functional groups attached to an aromatic ring is 3. The van der Waals surface area contributed by atoms with Crippen LogP contribution >= 0.6 is 15.9 Å². The van der Waals surface area contributed by atoms with Crippen molar-refractivity contribution in [3.8, 4) is 33.4 Å². The molecule has 4 aromatic heterocycles. The number of cyclic esters (lactones) is 4. The van der Waals surface area contributed by atoms with Gasteiger partial charge in [-0.1, -0.05) is 240 Å². The van der Waals surface area contributed by atoms with E-state index in [4.69, 9.17) is 73.8 Å². The van der Waals surface area contributed by atoms with Crippen LogP contribution in [0.5, 0.6) is 0 Å². The molecule has 4 fully saturated rings. The third-order valence-electron chi connectivity index (χ3n) is 24.6. The number of ether oxygens (including phenoxy) is 4. The zero-order valence-corrected chi connectivity index (χ0v) is 83.0. The van der Waals surface area contributed by atoms with E-state index in [1.165, 1.54) is 24.4 Å². The summed E-state index contributed by atoms with van der Waals surface area (Å²) in [6, 6.07) is 85.3. The second kappa shape index (κ2) is 53.9. The summed E-state index contributed by atoms with van der Waals surface area (Å²) < 4.78 is 56.8. The van der Waals surface area contributed by atoms with Gasteiger partial charge in [-0.15, -0.1) is 18.5 Å². The van der Waals surface area contributed by atoms with Gasteiger partial charge in [0.2, 0.25) is 5.56 Å². The fraction of sp³-hybridized carbons (Fsp3) is 0.269. The van der Waals surface area contributed by atoms with Crippen molar-refractivity contribution >= 4 is 89.1 Å². The fourth-order valence-corrected chi connectivity index (χ4v) is 17.1. The first kappa shape index (κ1) is 112. The van der Waals surface area contributed by atoms with Crippen LogP contribution < -0.4 is 57.8 Å². The van der Waals surface area contributed by atoms with Crippen molar-refractivity contribution in [3.05, 3.63) is 386 Å². The average molecular weight is 1990 g/mol. The molecule has 4 aliphatic rings. The molecule has 0 spiro atoms. The number of nitrogens with zero attached hydrogens (tertiary/aromatic N) is 8. The van der Waals surface area contributed by atoms with E-state index in [0.29, 0.717) is 107 Å². The number of anilines is 3. The number of aromatic nitrogens is 4. The molecule has 12 aromatic rings. The first-order chi connectivity index (χ1) is 66.2. The van der Waals surface area contributed by atoms with Gasteiger partial charge in [0.25, 0.3) is 0 Å². The van der Waals surface area contributed by atoms with Crippen LogP contribution in [-0.4, -0.2) is 157 Å². The summed E-state index contributed by atoms with van der Waals surface area (Å²) in [5, 5.41) is 44.9. The number of halogens is 1. The van der Waals surface area contributed by atoms with E-state index in [9.17, 15) is 34.2 Å². The quantitative estimate of drug-likeness (QED) is 0.00601. The monoisotopic (exact) mass is 1990 g/mol. The van der Waals surface area contributed by atoms with Crippen molar-refractivity contribution in [2.75, 3.05) is 56.6 Å². The molecule has 36 heteroatoms. The molecule has 8 heterocycles. The summed E-state index contributed by atoms with van der Waals surface area (Å²) in [4.78, 5) is 93.1. The minimum atomic E-state index is -4.67. The van der Waals surface area contributed by atoms with E-state index in [1.54, 1.807) is 56.4 Å². The summed E-state index contributed by atoms with van der Waals surface area (Å²) in [7, 11) is -6.13. The molecule has 31 nitrogen and oxygen atoms in total. The molecular formula is C104H115B2BrN12NaO19S. The zero-order chi connectivity index (χ0) is 99.6. The van der Waals surface area contributed by atoms with Gasteiger partial charge in [0.15, 0.2) is 0 Å². The molecule has 8 aromatic carbocycles. The Balaban J connectivity index is 0.000000215. The minimum absolute atomic E-state index is 0. The standard InChI is InChI=1S/C26H29N3O3.C26H27N3O2.C26H28N2O4.C21H22BrNO2.C5H7BN2O2.B.HNO2.Na.H2O4S/c1-19(20-8-10-21(11-9-20)22-12-13-24(27)28-18-22)29-16-15-26(14-5-17-30,32-25(29)31)23-6-3-2-4-7-23;1-3-15-26(23-7-5-4-6-8-23)16-17-29(25(30)31-26)19(2)20-9-11-21(12-10-20)22-13-14-24(27)28-18-22;1-19(20-8-10-21(11-9-20)22-12-13-24(30)27-18-22)28-16-15-26(14-5-17-29,32-25(28)31)23-6-3-2-4-7-23;1-3-13-21(18-7-5-4-6-8-18)14-15-23(20(24)25-21)16(2)17-9-11-19(22)12-10-17;7-5-2-1-4(3-8-5)6(9)10;;2-1-3;;1-5(2,3)4/h2-4,6-13,18-19,30H,5,14-17H2,1H3,(H2,27,28);3-14,18-19H,1,15-17H2,2H3,(H2,27,28);2-4,6-13,18-19,29H,5,14-17H2,1H3,(H,27,30);3-12,16H,1,13-15H2,2H3;1-3,9-10H,(H2,7,8);;(H,2,3);;(H2,1,2,3,4)/q;;;;;;;+1;/p-1/t3*19-,26+;16-,21+;;;;;/m0000...../s1. The molecule has 3 radical (unpaired) electrons. The molecule has 4 saturated heterocycles. The van der Waals surface area contributed by atoms with Crippen LogP contribution in [0.4, 0.5) is 36.6 Å². The van der Waals surface area contributed by atoms with E-state index >= 15 is 0 Å². The van der Waals surface area contributed by atoms with Crippen LogP contribution in [0.3, 0.4) is 0 Å². The van der Waals surface area contributed by atoms with Crippen LogP contribution in [0.1, 0.15) is 161 Å². The van der Waals surface area contributed by atoms with E-state index in [1.807, 2.05) is 270 Å². The van der Waals surface area contributed by atoms with Crippen LogP contribution in [-0.2, 0) is 51.8 Å². The number of rotatable bonds is 26. The van der Waals surface area contributed by atoms with Gasteiger partial charge in [-0.05, 0) is 169 Å². The number of hydrogen-bond donors (Lipinski definition) is 10. The smallest absolute Gasteiger partial charge is 0.444 e.